The first-order valence-electron chi connectivity index (χ1n) is 9.97. The summed E-state index contributed by atoms with van der Waals surface area (Å²) in [6, 6.07) is 0.415. The van der Waals surface area contributed by atoms with E-state index in [1.807, 2.05) is 17.8 Å². The van der Waals surface area contributed by atoms with E-state index in [2.05, 4.69) is 50.8 Å². The lowest BCUT2D eigenvalue weighted by atomic mass is 10.1. The number of thioether (sulfide) groups is 1. The van der Waals surface area contributed by atoms with Gasteiger partial charge in [0.25, 0.3) is 0 Å². The number of rotatable bonds is 12. The van der Waals surface area contributed by atoms with E-state index in [1.165, 1.54) is 17.0 Å². The van der Waals surface area contributed by atoms with E-state index in [4.69, 9.17) is 9.73 Å². The van der Waals surface area contributed by atoms with Crippen LogP contribution in [-0.2, 0) is 4.74 Å². The highest BCUT2D eigenvalue weighted by Crippen LogP contribution is 2.44. The molecule has 0 saturated heterocycles. The maximum Gasteiger partial charge on any atom is 0.0783 e. The first kappa shape index (κ1) is 21.2. The molecule has 1 aliphatic carbocycles. The molecule has 26 heavy (non-hydrogen) atoms. The molecule has 0 amide bonds. The number of hydrogen-bond acceptors (Lipinski definition) is 3. The molecule has 144 valence electrons. The van der Waals surface area contributed by atoms with Crippen LogP contribution in [0.3, 0.4) is 0 Å². The second-order valence-corrected chi connectivity index (χ2v) is 8.57. The van der Waals surface area contributed by atoms with Gasteiger partial charge in [0.05, 0.1) is 17.2 Å². The molecule has 1 heterocycles. The lowest BCUT2D eigenvalue weighted by molar-refractivity contribution is 0.0981. The minimum Gasteiger partial charge on any atom is -0.381 e. The van der Waals surface area contributed by atoms with E-state index in [1.54, 1.807) is 7.11 Å². The third-order valence-electron chi connectivity index (χ3n) is 5.12. The Morgan fingerprint density at radius 1 is 1.38 bits per heavy atom. The minimum absolute atomic E-state index is 0.296. The molecule has 2 aliphatic rings. The van der Waals surface area contributed by atoms with Gasteiger partial charge in [-0.25, -0.2) is 0 Å². The summed E-state index contributed by atoms with van der Waals surface area (Å²) in [5.41, 5.74) is 1.40. The average molecular weight is 374 g/mol. The van der Waals surface area contributed by atoms with Crippen LogP contribution < -0.4 is 0 Å². The van der Waals surface area contributed by atoms with Gasteiger partial charge in [-0.1, -0.05) is 49.0 Å². The van der Waals surface area contributed by atoms with Crippen LogP contribution in [0.2, 0.25) is 0 Å². The van der Waals surface area contributed by atoms with Crippen molar-refractivity contribution in [3.05, 3.63) is 48.6 Å². The quantitative estimate of drug-likeness (QED) is 0.225. The summed E-state index contributed by atoms with van der Waals surface area (Å²) in [5.74, 6) is 2.79. The summed E-state index contributed by atoms with van der Waals surface area (Å²) in [6.07, 6.45) is 20.1. The van der Waals surface area contributed by atoms with Gasteiger partial charge in [0.1, 0.15) is 0 Å². The van der Waals surface area contributed by atoms with Crippen molar-refractivity contribution in [2.75, 3.05) is 12.9 Å². The van der Waals surface area contributed by atoms with Gasteiger partial charge in [-0.15, -0.1) is 18.3 Å². The summed E-state index contributed by atoms with van der Waals surface area (Å²) >= 11 is 1.97. The standard InChI is InChI=1S/C23H35NOS/c1-5-11-21(25-4)15-14-18(2)12-9-7-6-8-10-13-20-17-26-23(24-20)22-16-19(22)3/h5,7,9-10,12-13,19-22H,1,6,8,11,14-17H2,2-4H3/b9-7+,13-10-,18-12+/t19-,20+,21-,22-/m0/s1. The molecule has 0 aromatic heterocycles. The molecule has 0 spiro atoms. The highest BCUT2D eigenvalue weighted by atomic mass is 32.2. The molecule has 2 nitrogen and oxygen atoms in total. The average Bonchev–Trinajstić information content (AvgIpc) is 3.18. The van der Waals surface area contributed by atoms with E-state index in [9.17, 15) is 0 Å². The fraction of sp³-hybridized carbons (Fsp3) is 0.609. The topological polar surface area (TPSA) is 21.6 Å². The van der Waals surface area contributed by atoms with Crippen molar-refractivity contribution in [2.24, 2.45) is 16.8 Å². The van der Waals surface area contributed by atoms with Crippen LogP contribution in [0.25, 0.3) is 0 Å². The second kappa shape index (κ2) is 11.6. The van der Waals surface area contributed by atoms with Crippen molar-refractivity contribution >= 4 is 16.8 Å². The molecule has 0 N–H and O–H groups in total. The van der Waals surface area contributed by atoms with E-state index < -0.39 is 0 Å². The van der Waals surface area contributed by atoms with Gasteiger partial charge in [0.15, 0.2) is 0 Å². The Labute approximate surface area is 164 Å². The maximum atomic E-state index is 5.45. The smallest absolute Gasteiger partial charge is 0.0783 e. The lowest BCUT2D eigenvalue weighted by Gasteiger charge is -2.12. The number of nitrogens with zero attached hydrogens (tertiary/aromatic N) is 1. The first-order chi connectivity index (χ1) is 12.6. The Morgan fingerprint density at radius 2 is 2.15 bits per heavy atom. The van der Waals surface area contributed by atoms with E-state index in [-0.39, 0.29) is 0 Å². The molecule has 0 radical (unpaired) electrons. The van der Waals surface area contributed by atoms with Crippen molar-refractivity contribution in [3.8, 4) is 0 Å². The molecule has 4 atom stereocenters. The second-order valence-electron chi connectivity index (χ2n) is 7.53. The zero-order valence-corrected chi connectivity index (χ0v) is 17.5. The number of aliphatic imine (C=N–C) groups is 1. The van der Waals surface area contributed by atoms with Crippen LogP contribution in [0.4, 0.5) is 0 Å². The fourth-order valence-electron chi connectivity index (χ4n) is 3.14. The minimum atomic E-state index is 0.296. The van der Waals surface area contributed by atoms with Gasteiger partial charge in [-0.05, 0) is 51.4 Å². The predicted octanol–water partition coefficient (Wildman–Crippen LogP) is 6.37. The Balaban J connectivity index is 1.58. The Kier molecular flexibility index (Phi) is 9.49. The zero-order valence-electron chi connectivity index (χ0n) is 16.7. The molecule has 1 aliphatic heterocycles. The monoisotopic (exact) mass is 373 g/mol. The third-order valence-corrected chi connectivity index (χ3v) is 6.33. The van der Waals surface area contributed by atoms with Crippen LogP contribution in [0.15, 0.2) is 53.6 Å². The molecule has 2 rings (SSSR count). The highest BCUT2D eigenvalue weighted by molar-refractivity contribution is 8.14. The van der Waals surface area contributed by atoms with Crippen LogP contribution >= 0.6 is 11.8 Å². The first-order valence-corrected chi connectivity index (χ1v) is 11.0. The summed E-state index contributed by atoms with van der Waals surface area (Å²) in [6.45, 7) is 8.31. The van der Waals surface area contributed by atoms with Gasteiger partial charge >= 0.3 is 0 Å². The van der Waals surface area contributed by atoms with E-state index >= 15 is 0 Å². The van der Waals surface area contributed by atoms with E-state index in [0.29, 0.717) is 12.1 Å². The maximum absolute atomic E-state index is 5.45. The molecule has 0 aromatic carbocycles. The van der Waals surface area contributed by atoms with Gasteiger partial charge in [0.2, 0.25) is 0 Å². The molecule has 0 bridgehead atoms. The number of allylic oxidation sites excluding steroid dienone is 5. The summed E-state index contributed by atoms with van der Waals surface area (Å²) in [4.78, 5) is 4.86. The molecule has 1 fully saturated rings. The fourth-order valence-corrected chi connectivity index (χ4v) is 4.42. The van der Waals surface area contributed by atoms with Crippen LogP contribution in [-0.4, -0.2) is 30.1 Å². The van der Waals surface area contributed by atoms with Crippen LogP contribution in [0.1, 0.15) is 52.4 Å². The van der Waals surface area contributed by atoms with Crippen LogP contribution in [0.5, 0.6) is 0 Å². The normalized spacial score (nSPS) is 27.3. The van der Waals surface area contributed by atoms with Gasteiger partial charge in [0, 0.05) is 18.8 Å². The van der Waals surface area contributed by atoms with Gasteiger partial charge < -0.3 is 4.74 Å². The number of ether oxygens (including phenoxy) is 1. The van der Waals surface area contributed by atoms with Crippen molar-refractivity contribution in [2.45, 2.75) is 64.5 Å². The van der Waals surface area contributed by atoms with Gasteiger partial charge in [-0.2, -0.15) is 0 Å². The Bertz CT molecular complexity index is 561. The molecule has 0 aromatic rings. The molecular weight excluding hydrogens is 338 g/mol. The number of methoxy groups -OCH3 is 1. The van der Waals surface area contributed by atoms with Gasteiger partial charge in [-0.3, -0.25) is 4.99 Å². The molecule has 0 unspecified atom stereocenters. The Morgan fingerprint density at radius 3 is 2.85 bits per heavy atom. The van der Waals surface area contributed by atoms with Crippen molar-refractivity contribution < 1.29 is 4.74 Å². The van der Waals surface area contributed by atoms with Crippen LogP contribution in [0, 0.1) is 11.8 Å². The summed E-state index contributed by atoms with van der Waals surface area (Å²) in [7, 11) is 1.78. The number of unbranched alkanes of at least 4 members (excludes halogenated alkanes) is 1. The Hall–Kier alpha value is -1.06. The van der Waals surface area contributed by atoms with Crippen molar-refractivity contribution in [1.82, 2.24) is 0 Å². The lowest BCUT2D eigenvalue weighted by Crippen LogP contribution is -2.08. The van der Waals surface area contributed by atoms with E-state index in [0.717, 1.165) is 49.7 Å². The predicted molar refractivity (Wildman–Crippen MR) is 117 cm³/mol. The van der Waals surface area contributed by atoms with Crippen molar-refractivity contribution in [3.63, 3.8) is 0 Å². The SMILES string of the molecule is C=CC[C@@H](CC/C(C)=C/C=C/CC/C=C\[C@@H]1CSC([C@H]2C[C@@H]2C)=N1)OC. The highest BCUT2D eigenvalue weighted by Gasteiger charge is 2.39. The summed E-state index contributed by atoms with van der Waals surface area (Å²) < 4.78 is 5.45. The third kappa shape index (κ3) is 7.67. The van der Waals surface area contributed by atoms with Crippen molar-refractivity contribution in [1.29, 1.82) is 0 Å². The molecule has 1 saturated carbocycles. The molecular formula is C23H35NOS. The largest absolute Gasteiger partial charge is 0.381 e. The summed E-state index contributed by atoms with van der Waals surface area (Å²) in [5, 5.41) is 1.41. The molecule has 3 heteroatoms. The zero-order chi connectivity index (χ0) is 18.8. The number of hydrogen-bond donors (Lipinski definition) is 0.